The molecule has 1 aromatic carbocycles. The van der Waals surface area contributed by atoms with Crippen LogP contribution in [0.1, 0.15) is 44.2 Å². The van der Waals surface area contributed by atoms with Crippen molar-refractivity contribution in [2.45, 2.75) is 57.9 Å². The van der Waals surface area contributed by atoms with E-state index >= 15 is 0 Å². The number of hydrogen-bond acceptors (Lipinski definition) is 4. The van der Waals surface area contributed by atoms with Crippen LogP contribution >= 0.6 is 0 Å². The summed E-state index contributed by atoms with van der Waals surface area (Å²) in [7, 11) is -3.63. The van der Waals surface area contributed by atoms with Gasteiger partial charge < -0.3 is 10.2 Å². The highest BCUT2D eigenvalue weighted by atomic mass is 32.2. The summed E-state index contributed by atoms with van der Waals surface area (Å²) in [5.41, 5.74) is 1.93. The molecule has 0 spiro atoms. The van der Waals surface area contributed by atoms with Gasteiger partial charge in [-0.15, -0.1) is 0 Å². The average molecular weight is 410 g/mol. The van der Waals surface area contributed by atoms with Crippen molar-refractivity contribution in [2.24, 2.45) is 5.92 Å². The van der Waals surface area contributed by atoms with E-state index in [2.05, 4.69) is 10.0 Å². The Hall–Kier alpha value is -1.93. The van der Waals surface area contributed by atoms with E-state index in [1.54, 1.807) is 23.1 Å². The zero-order valence-corrected chi connectivity index (χ0v) is 17.9. The Labute approximate surface area is 167 Å². The minimum absolute atomic E-state index is 0.0447. The Balaban J connectivity index is 1.80. The molecule has 7 nitrogen and oxygen atoms in total. The Morgan fingerprint density at radius 2 is 1.79 bits per heavy atom. The van der Waals surface area contributed by atoms with Crippen molar-refractivity contribution >= 4 is 21.8 Å². The highest BCUT2D eigenvalue weighted by Crippen LogP contribution is 2.18. The number of carbonyl (C=O) groups excluding carboxylic acids is 2. The number of rotatable bonds is 7. The highest BCUT2D eigenvalue weighted by Gasteiger charge is 2.27. The zero-order valence-electron chi connectivity index (χ0n) is 17.1. The van der Waals surface area contributed by atoms with E-state index < -0.39 is 10.0 Å². The van der Waals surface area contributed by atoms with E-state index in [1.807, 2.05) is 27.7 Å². The van der Waals surface area contributed by atoms with Gasteiger partial charge in [-0.1, -0.05) is 6.07 Å². The number of nitrogens with zero attached hydrogens (tertiary/aromatic N) is 1. The van der Waals surface area contributed by atoms with Crippen molar-refractivity contribution in [3.05, 3.63) is 29.3 Å². The maximum absolute atomic E-state index is 12.4. The fourth-order valence-electron chi connectivity index (χ4n) is 3.21. The Morgan fingerprint density at radius 1 is 1.14 bits per heavy atom. The van der Waals surface area contributed by atoms with Crippen LogP contribution in [0.15, 0.2) is 23.1 Å². The molecule has 1 saturated heterocycles. The van der Waals surface area contributed by atoms with Gasteiger partial charge in [0.05, 0.1) is 4.90 Å². The molecule has 0 bridgehead atoms. The second-order valence-electron chi connectivity index (χ2n) is 7.71. The molecule has 0 aromatic heterocycles. The van der Waals surface area contributed by atoms with Crippen LogP contribution in [0.3, 0.4) is 0 Å². The van der Waals surface area contributed by atoms with E-state index in [-0.39, 0.29) is 41.6 Å². The molecular weight excluding hydrogens is 378 g/mol. The monoisotopic (exact) mass is 409 g/mol. The van der Waals surface area contributed by atoms with Gasteiger partial charge >= 0.3 is 0 Å². The predicted molar refractivity (Wildman–Crippen MR) is 108 cm³/mol. The van der Waals surface area contributed by atoms with Crippen LogP contribution in [-0.4, -0.2) is 50.8 Å². The van der Waals surface area contributed by atoms with Crippen LogP contribution in [0.25, 0.3) is 0 Å². The van der Waals surface area contributed by atoms with Crippen molar-refractivity contribution in [1.82, 2.24) is 14.9 Å². The van der Waals surface area contributed by atoms with Crippen molar-refractivity contribution < 1.29 is 18.0 Å². The first-order chi connectivity index (χ1) is 13.1. The molecule has 0 saturated carbocycles. The van der Waals surface area contributed by atoms with Crippen molar-refractivity contribution in [3.63, 3.8) is 0 Å². The maximum Gasteiger partial charge on any atom is 0.240 e. The molecule has 1 aliphatic rings. The number of likely N-dealkylation sites (tertiary alicyclic amines) is 1. The number of nitrogens with one attached hydrogen (secondary N) is 2. The van der Waals surface area contributed by atoms with Gasteiger partial charge in [-0.3, -0.25) is 9.59 Å². The molecule has 8 heteroatoms. The van der Waals surface area contributed by atoms with Gasteiger partial charge in [-0.05, 0) is 63.8 Å². The molecule has 1 aliphatic heterocycles. The van der Waals surface area contributed by atoms with Gasteiger partial charge in [0.15, 0.2) is 0 Å². The number of aryl methyl sites for hydroxylation is 2. The van der Waals surface area contributed by atoms with E-state index in [0.29, 0.717) is 25.9 Å². The van der Waals surface area contributed by atoms with Crippen LogP contribution in [-0.2, 0) is 19.6 Å². The third-order valence-electron chi connectivity index (χ3n) is 5.07. The Kier molecular flexibility index (Phi) is 7.60. The molecule has 156 valence electrons. The van der Waals surface area contributed by atoms with Crippen LogP contribution in [0, 0.1) is 19.8 Å². The molecule has 1 aromatic rings. The number of sulfonamides is 1. The summed E-state index contributed by atoms with van der Waals surface area (Å²) in [6.07, 6.45) is 1.38. The van der Waals surface area contributed by atoms with Crippen LogP contribution in [0.2, 0.25) is 0 Å². The number of piperidine rings is 1. The average Bonchev–Trinajstić information content (AvgIpc) is 2.63. The smallest absolute Gasteiger partial charge is 0.240 e. The van der Waals surface area contributed by atoms with Gasteiger partial charge in [0.1, 0.15) is 0 Å². The lowest BCUT2D eigenvalue weighted by atomic mass is 9.95. The van der Waals surface area contributed by atoms with Gasteiger partial charge in [-0.25, -0.2) is 13.1 Å². The van der Waals surface area contributed by atoms with Crippen molar-refractivity contribution in [1.29, 1.82) is 0 Å². The SMILES string of the molecule is Cc1ccc(S(=O)(=O)NCCC(=O)N2CCC(C(=O)NC(C)C)CC2)cc1C. The van der Waals surface area contributed by atoms with E-state index in [1.165, 1.54) is 0 Å². The Morgan fingerprint density at radius 3 is 2.36 bits per heavy atom. The predicted octanol–water partition coefficient (Wildman–Crippen LogP) is 1.74. The Bertz CT molecular complexity index is 813. The number of benzene rings is 1. The minimum Gasteiger partial charge on any atom is -0.354 e. The van der Waals surface area contributed by atoms with Gasteiger partial charge in [0.2, 0.25) is 21.8 Å². The first-order valence-electron chi connectivity index (χ1n) is 9.75. The number of amides is 2. The number of carbonyl (C=O) groups is 2. The second kappa shape index (κ2) is 9.52. The molecule has 2 rings (SSSR count). The van der Waals surface area contributed by atoms with Gasteiger partial charge in [0, 0.05) is 38.0 Å². The van der Waals surface area contributed by atoms with Crippen LogP contribution < -0.4 is 10.0 Å². The van der Waals surface area contributed by atoms with Gasteiger partial charge in [-0.2, -0.15) is 0 Å². The van der Waals surface area contributed by atoms with Crippen LogP contribution in [0.5, 0.6) is 0 Å². The molecule has 0 aliphatic carbocycles. The van der Waals surface area contributed by atoms with Gasteiger partial charge in [0.25, 0.3) is 0 Å². The highest BCUT2D eigenvalue weighted by molar-refractivity contribution is 7.89. The van der Waals surface area contributed by atoms with Crippen molar-refractivity contribution in [2.75, 3.05) is 19.6 Å². The lowest BCUT2D eigenvalue weighted by molar-refractivity contribution is -0.135. The molecule has 0 unspecified atom stereocenters. The molecule has 0 atom stereocenters. The summed E-state index contributed by atoms with van der Waals surface area (Å²) in [4.78, 5) is 26.3. The fourth-order valence-corrected chi connectivity index (χ4v) is 4.32. The molecule has 1 fully saturated rings. The summed E-state index contributed by atoms with van der Waals surface area (Å²) in [6, 6.07) is 5.08. The lowest BCUT2D eigenvalue weighted by Gasteiger charge is -2.31. The topological polar surface area (TPSA) is 95.6 Å². The molecule has 2 N–H and O–H groups in total. The fraction of sp³-hybridized carbons (Fsp3) is 0.600. The second-order valence-corrected chi connectivity index (χ2v) is 9.48. The summed E-state index contributed by atoms with van der Waals surface area (Å²) in [5.74, 6) is -0.108. The third kappa shape index (κ3) is 6.04. The molecule has 2 amide bonds. The standard InChI is InChI=1S/C20H31N3O4S/c1-14(2)22-20(25)17-8-11-23(12-9-17)19(24)7-10-21-28(26,27)18-6-5-15(3)16(4)13-18/h5-6,13-14,17,21H,7-12H2,1-4H3,(H,22,25). The molecule has 28 heavy (non-hydrogen) atoms. The van der Waals surface area contributed by atoms with E-state index in [0.717, 1.165) is 11.1 Å². The molecular formula is C20H31N3O4S. The first-order valence-corrected chi connectivity index (χ1v) is 11.2. The summed E-state index contributed by atoms with van der Waals surface area (Å²) < 4.78 is 27.3. The quantitative estimate of drug-likeness (QED) is 0.717. The normalized spacial score (nSPS) is 15.7. The summed E-state index contributed by atoms with van der Waals surface area (Å²) in [6.45, 7) is 8.75. The largest absolute Gasteiger partial charge is 0.354 e. The summed E-state index contributed by atoms with van der Waals surface area (Å²) in [5, 5.41) is 2.91. The first kappa shape index (κ1) is 22.4. The van der Waals surface area contributed by atoms with Crippen molar-refractivity contribution in [3.8, 4) is 0 Å². The van der Waals surface area contributed by atoms with Crippen LogP contribution in [0.4, 0.5) is 0 Å². The van der Waals surface area contributed by atoms with E-state index in [9.17, 15) is 18.0 Å². The minimum atomic E-state index is -3.63. The third-order valence-corrected chi connectivity index (χ3v) is 6.53. The molecule has 1 heterocycles. The molecule has 0 radical (unpaired) electrons. The van der Waals surface area contributed by atoms with E-state index in [4.69, 9.17) is 0 Å². The number of hydrogen-bond donors (Lipinski definition) is 2. The zero-order chi connectivity index (χ0) is 20.9. The maximum atomic E-state index is 12.4. The summed E-state index contributed by atoms with van der Waals surface area (Å²) >= 11 is 0. The lowest BCUT2D eigenvalue weighted by Crippen LogP contribution is -2.44.